The zero-order valence-electron chi connectivity index (χ0n) is 19.4. The summed E-state index contributed by atoms with van der Waals surface area (Å²) in [6.45, 7) is 6.80. The average Bonchev–Trinajstić information content (AvgIpc) is 2.87. The molecule has 5 heteroatoms. The summed E-state index contributed by atoms with van der Waals surface area (Å²) < 4.78 is 5.21. The molecule has 172 valence electrons. The molecular weight excluding hydrogens is 398 g/mol. The number of nitrogens with one attached hydrogen (secondary N) is 1. The normalized spacial score (nSPS) is 18.4. The first-order valence-electron chi connectivity index (χ1n) is 12.2. The lowest BCUT2D eigenvalue weighted by Gasteiger charge is -2.40. The summed E-state index contributed by atoms with van der Waals surface area (Å²) in [7, 11) is 1.67. The summed E-state index contributed by atoms with van der Waals surface area (Å²) >= 11 is 0. The van der Waals surface area contributed by atoms with Gasteiger partial charge in [0.25, 0.3) is 5.91 Å². The van der Waals surface area contributed by atoms with Crippen molar-refractivity contribution in [2.24, 2.45) is 0 Å². The fourth-order valence-corrected chi connectivity index (χ4v) is 5.00. The Bertz CT molecular complexity index is 836. The van der Waals surface area contributed by atoms with Gasteiger partial charge in [-0.3, -0.25) is 4.79 Å². The van der Waals surface area contributed by atoms with E-state index in [4.69, 9.17) is 4.74 Å². The van der Waals surface area contributed by atoms with Gasteiger partial charge in [0, 0.05) is 18.2 Å². The molecule has 4 rings (SSSR count). The van der Waals surface area contributed by atoms with Crippen LogP contribution in [0.2, 0.25) is 0 Å². The Morgan fingerprint density at radius 3 is 2.16 bits per heavy atom. The molecule has 5 nitrogen and oxygen atoms in total. The second-order valence-corrected chi connectivity index (χ2v) is 9.08. The van der Waals surface area contributed by atoms with Crippen molar-refractivity contribution in [1.29, 1.82) is 0 Å². The van der Waals surface area contributed by atoms with E-state index in [1.165, 1.54) is 58.3 Å². The molecule has 0 spiro atoms. The van der Waals surface area contributed by atoms with Crippen molar-refractivity contribution in [2.75, 3.05) is 46.4 Å². The SMILES string of the molecule is COc1ccc(-c2ccc(C(=O)NCCCN3CCC(N4CCCCC4)CC3)cc2)cc1. The number of hydrogen-bond acceptors (Lipinski definition) is 4. The van der Waals surface area contributed by atoms with E-state index in [1.54, 1.807) is 7.11 Å². The second kappa shape index (κ2) is 11.5. The van der Waals surface area contributed by atoms with E-state index < -0.39 is 0 Å². The average molecular weight is 436 g/mol. The van der Waals surface area contributed by atoms with E-state index >= 15 is 0 Å². The smallest absolute Gasteiger partial charge is 0.251 e. The zero-order chi connectivity index (χ0) is 22.2. The number of nitrogens with zero attached hydrogens (tertiary/aromatic N) is 2. The monoisotopic (exact) mass is 435 g/mol. The third-order valence-electron chi connectivity index (χ3n) is 6.97. The molecule has 2 aliphatic heterocycles. The third-order valence-corrected chi connectivity index (χ3v) is 6.97. The summed E-state index contributed by atoms with van der Waals surface area (Å²) in [5, 5.41) is 3.08. The van der Waals surface area contributed by atoms with Gasteiger partial charge in [-0.05, 0) is 100 Å². The molecule has 32 heavy (non-hydrogen) atoms. The minimum absolute atomic E-state index is 0.00934. The van der Waals surface area contributed by atoms with Crippen LogP contribution in [0, 0.1) is 0 Å². The molecule has 1 amide bonds. The van der Waals surface area contributed by atoms with Crippen LogP contribution in [0.1, 0.15) is 48.9 Å². The van der Waals surface area contributed by atoms with Crippen molar-refractivity contribution >= 4 is 5.91 Å². The molecule has 2 aliphatic rings. The van der Waals surface area contributed by atoms with E-state index in [9.17, 15) is 4.79 Å². The predicted octanol–water partition coefficient (Wildman–Crippen LogP) is 4.43. The molecule has 0 aliphatic carbocycles. The molecule has 0 unspecified atom stereocenters. The molecule has 2 aromatic carbocycles. The van der Waals surface area contributed by atoms with Crippen molar-refractivity contribution in [3.05, 3.63) is 54.1 Å². The van der Waals surface area contributed by atoms with Crippen molar-refractivity contribution in [1.82, 2.24) is 15.1 Å². The zero-order valence-corrected chi connectivity index (χ0v) is 19.4. The number of methoxy groups -OCH3 is 1. The molecule has 0 bridgehead atoms. The maximum atomic E-state index is 12.5. The lowest BCUT2D eigenvalue weighted by atomic mass is 10.00. The van der Waals surface area contributed by atoms with Crippen molar-refractivity contribution in [3.8, 4) is 16.9 Å². The highest BCUT2D eigenvalue weighted by Gasteiger charge is 2.25. The molecule has 0 atom stereocenters. The number of likely N-dealkylation sites (tertiary alicyclic amines) is 2. The highest BCUT2D eigenvalue weighted by atomic mass is 16.5. The molecular formula is C27H37N3O2. The number of rotatable bonds is 8. The number of benzene rings is 2. The van der Waals surface area contributed by atoms with Crippen LogP contribution in [-0.4, -0.2) is 68.1 Å². The van der Waals surface area contributed by atoms with Crippen LogP contribution in [-0.2, 0) is 0 Å². The molecule has 2 aromatic rings. The van der Waals surface area contributed by atoms with Gasteiger partial charge in [0.15, 0.2) is 0 Å². The van der Waals surface area contributed by atoms with Crippen LogP contribution < -0.4 is 10.1 Å². The number of hydrogen-bond donors (Lipinski definition) is 1. The molecule has 2 fully saturated rings. The van der Waals surface area contributed by atoms with Gasteiger partial charge in [-0.25, -0.2) is 0 Å². The summed E-state index contributed by atoms with van der Waals surface area (Å²) in [5.74, 6) is 0.853. The Kier molecular flexibility index (Phi) is 8.18. The number of ether oxygens (including phenoxy) is 1. The van der Waals surface area contributed by atoms with E-state index in [-0.39, 0.29) is 5.91 Å². The number of carbonyl (C=O) groups excluding carboxylic acids is 1. The number of amides is 1. The second-order valence-electron chi connectivity index (χ2n) is 9.08. The van der Waals surface area contributed by atoms with Gasteiger partial charge >= 0.3 is 0 Å². The quantitative estimate of drug-likeness (QED) is 0.623. The summed E-state index contributed by atoms with van der Waals surface area (Å²) in [4.78, 5) is 17.8. The van der Waals surface area contributed by atoms with Gasteiger partial charge in [-0.1, -0.05) is 30.7 Å². The topological polar surface area (TPSA) is 44.8 Å². The van der Waals surface area contributed by atoms with Crippen LogP contribution in [0.15, 0.2) is 48.5 Å². The standard InChI is InChI=1S/C27H37N3O2/c1-32-26-12-10-23(11-13-26)22-6-8-24(9-7-22)27(31)28-16-5-17-29-20-14-25(15-21-29)30-18-3-2-4-19-30/h6-13,25H,2-5,14-21H2,1H3,(H,28,31). The lowest BCUT2D eigenvalue weighted by molar-refractivity contribution is 0.0903. The first-order chi connectivity index (χ1) is 15.7. The summed E-state index contributed by atoms with van der Waals surface area (Å²) in [6, 6.07) is 16.6. The van der Waals surface area contributed by atoms with E-state index in [2.05, 4.69) is 15.1 Å². The Balaban J connectivity index is 1.15. The van der Waals surface area contributed by atoms with Gasteiger partial charge in [0.1, 0.15) is 5.75 Å². The van der Waals surface area contributed by atoms with Crippen LogP contribution in [0.5, 0.6) is 5.75 Å². The van der Waals surface area contributed by atoms with Crippen molar-refractivity contribution < 1.29 is 9.53 Å². The molecule has 1 N–H and O–H groups in total. The Labute approximate surface area is 192 Å². The fraction of sp³-hybridized carbons (Fsp3) is 0.519. The van der Waals surface area contributed by atoms with E-state index in [1.807, 2.05) is 48.5 Å². The van der Waals surface area contributed by atoms with Crippen LogP contribution >= 0.6 is 0 Å². The first kappa shape index (κ1) is 22.8. The van der Waals surface area contributed by atoms with Gasteiger partial charge in [0.05, 0.1) is 7.11 Å². The number of piperidine rings is 2. The lowest BCUT2D eigenvalue weighted by Crippen LogP contribution is -2.47. The molecule has 0 aromatic heterocycles. The van der Waals surface area contributed by atoms with E-state index in [0.717, 1.165) is 42.4 Å². The minimum Gasteiger partial charge on any atom is -0.497 e. The number of carbonyl (C=O) groups is 1. The third kappa shape index (κ3) is 6.11. The summed E-state index contributed by atoms with van der Waals surface area (Å²) in [5.41, 5.74) is 2.92. The highest BCUT2D eigenvalue weighted by Crippen LogP contribution is 2.23. The largest absolute Gasteiger partial charge is 0.497 e. The van der Waals surface area contributed by atoms with E-state index in [0.29, 0.717) is 5.56 Å². The minimum atomic E-state index is 0.00934. The van der Waals surface area contributed by atoms with Gasteiger partial charge in [-0.2, -0.15) is 0 Å². The molecule has 0 radical (unpaired) electrons. The Morgan fingerprint density at radius 2 is 1.53 bits per heavy atom. The van der Waals surface area contributed by atoms with Crippen LogP contribution in [0.3, 0.4) is 0 Å². The van der Waals surface area contributed by atoms with Crippen LogP contribution in [0.25, 0.3) is 11.1 Å². The Hall–Kier alpha value is -2.37. The summed E-state index contributed by atoms with van der Waals surface area (Å²) in [6.07, 6.45) is 7.77. The van der Waals surface area contributed by atoms with Crippen molar-refractivity contribution in [3.63, 3.8) is 0 Å². The van der Waals surface area contributed by atoms with Gasteiger partial charge in [0.2, 0.25) is 0 Å². The maximum absolute atomic E-state index is 12.5. The maximum Gasteiger partial charge on any atom is 0.251 e. The molecule has 2 heterocycles. The molecule has 2 saturated heterocycles. The Morgan fingerprint density at radius 1 is 0.906 bits per heavy atom. The van der Waals surface area contributed by atoms with Gasteiger partial charge < -0.3 is 19.9 Å². The highest BCUT2D eigenvalue weighted by molar-refractivity contribution is 5.94. The first-order valence-corrected chi connectivity index (χ1v) is 12.2. The predicted molar refractivity (Wildman–Crippen MR) is 130 cm³/mol. The fourth-order valence-electron chi connectivity index (χ4n) is 5.00. The van der Waals surface area contributed by atoms with Crippen molar-refractivity contribution in [2.45, 2.75) is 44.6 Å². The van der Waals surface area contributed by atoms with Gasteiger partial charge in [-0.15, -0.1) is 0 Å². The molecule has 0 saturated carbocycles. The van der Waals surface area contributed by atoms with Crippen LogP contribution in [0.4, 0.5) is 0 Å².